The van der Waals surface area contributed by atoms with Gasteiger partial charge < -0.3 is 5.32 Å². The van der Waals surface area contributed by atoms with Crippen LogP contribution in [0.2, 0.25) is 0 Å². The molecule has 0 radical (unpaired) electrons. The first-order chi connectivity index (χ1) is 9.90. The molecule has 3 heteroatoms. The Bertz CT molecular complexity index is 518. The molecule has 2 nitrogen and oxygen atoms in total. The van der Waals surface area contributed by atoms with E-state index in [0.717, 1.165) is 11.8 Å². The van der Waals surface area contributed by atoms with Crippen molar-refractivity contribution in [3.8, 4) is 0 Å². The molecule has 1 aromatic heterocycles. The molecule has 3 rings (SSSR count). The third-order valence-electron chi connectivity index (χ3n) is 3.71. The molecule has 0 aliphatic heterocycles. The first-order valence-corrected chi connectivity index (χ1v) is 8.17. The van der Waals surface area contributed by atoms with E-state index in [4.69, 9.17) is 0 Å². The Morgan fingerprint density at radius 1 is 1.00 bits per heavy atom. The number of rotatable bonds is 5. The lowest BCUT2D eigenvalue weighted by Crippen LogP contribution is -1.99. The number of nitrogens with one attached hydrogen (secondary N) is 1. The van der Waals surface area contributed by atoms with Crippen molar-refractivity contribution in [3.05, 3.63) is 54.4 Å². The van der Waals surface area contributed by atoms with Gasteiger partial charge in [0.1, 0.15) is 0 Å². The summed E-state index contributed by atoms with van der Waals surface area (Å²) in [5.41, 5.74) is 2.43. The monoisotopic (exact) mass is 284 g/mol. The molecule has 1 heterocycles. The molecule has 1 aliphatic rings. The maximum Gasteiger partial charge on any atom is 0.0401 e. The zero-order chi connectivity index (χ0) is 13.6. The topological polar surface area (TPSA) is 24.9 Å². The van der Waals surface area contributed by atoms with Crippen molar-refractivity contribution in [1.82, 2.24) is 4.98 Å². The van der Waals surface area contributed by atoms with E-state index in [9.17, 15) is 0 Å². The fourth-order valence-electron chi connectivity index (χ4n) is 2.55. The highest BCUT2D eigenvalue weighted by atomic mass is 32.2. The van der Waals surface area contributed by atoms with Gasteiger partial charge in [0.2, 0.25) is 0 Å². The molecule has 20 heavy (non-hydrogen) atoms. The summed E-state index contributed by atoms with van der Waals surface area (Å²) >= 11 is 2.04. The van der Waals surface area contributed by atoms with Gasteiger partial charge in [0.05, 0.1) is 0 Å². The summed E-state index contributed by atoms with van der Waals surface area (Å²) in [5, 5.41) is 4.28. The smallest absolute Gasteiger partial charge is 0.0401 e. The van der Waals surface area contributed by atoms with Crippen LogP contribution < -0.4 is 5.32 Å². The molecule has 104 valence electrons. The maximum absolute atomic E-state index is 4.03. The van der Waals surface area contributed by atoms with E-state index in [2.05, 4.69) is 34.6 Å². The zero-order valence-electron chi connectivity index (χ0n) is 11.6. The van der Waals surface area contributed by atoms with Gasteiger partial charge in [-0.15, -0.1) is 11.8 Å². The van der Waals surface area contributed by atoms with E-state index in [1.54, 1.807) is 0 Å². The highest BCUT2D eigenvalue weighted by Crippen LogP contribution is 2.34. The van der Waals surface area contributed by atoms with E-state index < -0.39 is 0 Å². The minimum Gasteiger partial charge on any atom is -0.381 e. The van der Waals surface area contributed by atoms with Gasteiger partial charge in [0, 0.05) is 34.8 Å². The van der Waals surface area contributed by atoms with Crippen LogP contribution in [0.1, 0.15) is 31.2 Å². The van der Waals surface area contributed by atoms with Crippen LogP contribution in [0.3, 0.4) is 0 Å². The van der Waals surface area contributed by atoms with E-state index in [1.807, 2.05) is 36.3 Å². The molecule has 1 aliphatic carbocycles. The molecule has 1 saturated carbocycles. The number of anilines is 1. The van der Waals surface area contributed by atoms with Crippen molar-refractivity contribution in [2.75, 3.05) is 5.32 Å². The summed E-state index contributed by atoms with van der Waals surface area (Å²) in [6.07, 6.45) is 9.24. The van der Waals surface area contributed by atoms with E-state index in [0.29, 0.717) is 0 Å². The first-order valence-electron chi connectivity index (χ1n) is 7.30. The van der Waals surface area contributed by atoms with Crippen molar-refractivity contribution in [1.29, 1.82) is 0 Å². The standard InChI is InChI=1S/C17H20N2S/c1-2-4-16(3-1)20-17-7-5-15(6-8-17)19-13-14-9-11-18-12-10-14/h5-12,16,19H,1-4,13H2. The SMILES string of the molecule is c1cc(CNc2ccc(SC3CCCC3)cc2)ccn1. The molecule has 0 amide bonds. The average molecular weight is 284 g/mol. The first kappa shape index (κ1) is 13.5. The minimum atomic E-state index is 0.839. The molecular formula is C17H20N2S. The predicted octanol–water partition coefficient (Wildman–Crippen LogP) is 4.73. The third kappa shape index (κ3) is 3.76. The molecule has 1 N–H and O–H groups in total. The number of nitrogens with zero attached hydrogens (tertiary/aromatic N) is 1. The third-order valence-corrected chi connectivity index (χ3v) is 5.05. The molecule has 0 bridgehead atoms. The Labute approximate surface area is 125 Å². The zero-order valence-corrected chi connectivity index (χ0v) is 12.4. The summed E-state index contributed by atoms with van der Waals surface area (Å²) in [6.45, 7) is 0.845. The average Bonchev–Trinajstić information content (AvgIpc) is 3.01. The van der Waals surface area contributed by atoms with Crippen molar-refractivity contribution in [3.63, 3.8) is 0 Å². The van der Waals surface area contributed by atoms with Crippen molar-refractivity contribution < 1.29 is 0 Å². The lowest BCUT2D eigenvalue weighted by molar-refractivity contribution is 0.886. The fourth-order valence-corrected chi connectivity index (χ4v) is 3.80. The van der Waals surface area contributed by atoms with Crippen LogP contribution in [0.5, 0.6) is 0 Å². The summed E-state index contributed by atoms with van der Waals surface area (Å²) < 4.78 is 0. The predicted molar refractivity (Wildman–Crippen MR) is 86.1 cm³/mol. The molecular weight excluding hydrogens is 264 g/mol. The largest absolute Gasteiger partial charge is 0.381 e. The van der Waals surface area contributed by atoms with Gasteiger partial charge in [-0.25, -0.2) is 0 Å². The second-order valence-electron chi connectivity index (χ2n) is 5.26. The Morgan fingerprint density at radius 2 is 1.70 bits per heavy atom. The van der Waals surface area contributed by atoms with Crippen LogP contribution in [0.4, 0.5) is 5.69 Å². The minimum absolute atomic E-state index is 0.839. The number of hydrogen-bond donors (Lipinski definition) is 1. The Morgan fingerprint density at radius 3 is 2.40 bits per heavy atom. The van der Waals surface area contributed by atoms with Crippen molar-refractivity contribution in [2.24, 2.45) is 0 Å². The molecule has 0 atom stereocenters. The highest BCUT2D eigenvalue weighted by Gasteiger charge is 2.15. The van der Waals surface area contributed by atoms with Gasteiger partial charge in [0.25, 0.3) is 0 Å². The Kier molecular flexibility index (Phi) is 4.59. The van der Waals surface area contributed by atoms with E-state index >= 15 is 0 Å². The van der Waals surface area contributed by atoms with Crippen LogP contribution in [0.15, 0.2) is 53.7 Å². The number of thioether (sulfide) groups is 1. The van der Waals surface area contributed by atoms with E-state index in [1.165, 1.54) is 41.8 Å². The van der Waals surface area contributed by atoms with Gasteiger partial charge in [-0.2, -0.15) is 0 Å². The van der Waals surface area contributed by atoms with Crippen molar-refractivity contribution in [2.45, 2.75) is 42.4 Å². The summed E-state index contributed by atoms with van der Waals surface area (Å²) in [4.78, 5) is 5.42. The molecule has 0 unspecified atom stereocenters. The van der Waals surface area contributed by atoms with Crippen LogP contribution in [0.25, 0.3) is 0 Å². The van der Waals surface area contributed by atoms with Crippen molar-refractivity contribution >= 4 is 17.4 Å². The van der Waals surface area contributed by atoms with Crippen LogP contribution >= 0.6 is 11.8 Å². The second-order valence-corrected chi connectivity index (χ2v) is 6.63. The lowest BCUT2D eigenvalue weighted by atomic mass is 10.2. The van der Waals surface area contributed by atoms with Gasteiger partial charge >= 0.3 is 0 Å². The normalized spacial score (nSPS) is 15.4. The summed E-state index contributed by atoms with van der Waals surface area (Å²) in [5.74, 6) is 0. The van der Waals surface area contributed by atoms with Gasteiger partial charge in [-0.05, 0) is 54.8 Å². The number of pyridine rings is 1. The number of aromatic nitrogens is 1. The molecule has 0 spiro atoms. The van der Waals surface area contributed by atoms with Gasteiger partial charge in [0.15, 0.2) is 0 Å². The van der Waals surface area contributed by atoms with Crippen LogP contribution in [0, 0.1) is 0 Å². The quantitative estimate of drug-likeness (QED) is 0.859. The summed E-state index contributed by atoms with van der Waals surface area (Å²) in [7, 11) is 0. The Balaban J connectivity index is 1.53. The Hall–Kier alpha value is -1.48. The number of hydrogen-bond acceptors (Lipinski definition) is 3. The summed E-state index contributed by atoms with van der Waals surface area (Å²) in [6, 6.07) is 12.9. The molecule has 2 aromatic rings. The second kappa shape index (κ2) is 6.80. The lowest BCUT2D eigenvalue weighted by Gasteiger charge is -2.10. The number of benzene rings is 1. The fraction of sp³-hybridized carbons (Fsp3) is 0.353. The van der Waals surface area contributed by atoms with Crippen LogP contribution in [-0.2, 0) is 6.54 Å². The van der Waals surface area contributed by atoms with Crippen LogP contribution in [-0.4, -0.2) is 10.2 Å². The molecule has 1 fully saturated rings. The molecule has 1 aromatic carbocycles. The van der Waals surface area contributed by atoms with Gasteiger partial charge in [-0.1, -0.05) is 12.8 Å². The van der Waals surface area contributed by atoms with Gasteiger partial charge in [-0.3, -0.25) is 4.98 Å². The van der Waals surface area contributed by atoms with E-state index in [-0.39, 0.29) is 0 Å². The maximum atomic E-state index is 4.03. The highest BCUT2D eigenvalue weighted by molar-refractivity contribution is 8.00. The molecule has 0 saturated heterocycles.